The van der Waals surface area contributed by atoms with E-state index in [2.05, 4.69) is 44.3 Å². The second-order valence-corrected chi connectivity index (χ2v) is 10.6. The van der Waals surface area contributed by atoms with Crippen LogP contribution in [0.3, 0.4) is 0 Å². The van der Waals surface area contributed by atoms with Gasteiger partial charge < -0.3 is 4.57 Å². The van der Waals surface area contributed by atoms with Crippen molar-refractivity contribution in [3.63, 3.8) is 0 Å². The summed E-state index contributed by atoms with van der Waals surface area (Å²) in [6.07, 6.45) is 2.51. The predicted molar refractivity (Wildman–Crippen MR) is 128 cm³/mol. The van der Waals surface area contributed by atoms with Crippen LogP contribution in [0, 0.1) is 25.2 Å². The summed E-state index contributed by atoms with van der Waals surface area (Å²) in [6, 6.07) is 18.1. The van der Waals surface area contributed by atoms with Gasteiger partial charge in [0.1, 0.15) is 11.6 Å². The van der Waals surface area contributed by atoms with Crippen LogP contribution in [-0.4, -0.2) is 35.3 Å². The molecule has 0 bridgehead atoms. The molecule has 2 aromatic heterocycles. The quantitative estimate of drug-likeness (QED) is 0.263. The van der Waals surface area contributed by atoms with Gasteiger partial charge in [-0.1, -0.05) is 41.7 Å². The summed E-state index contributed by atoms with van der Waals surface area (Å²) in [7, 11) is -3.53. The minimum absolute atomic E-state index is 0.00297. The molecule has 0 saturated carbocycles. The number of nitrogens with one attached hydrogen (secondary N) is 1. The Morgan fingerprint density at radius 3 is 2.52 bits per heavy atom. The summed E-state index contributed by atoms with van der Waals surface area (Å²) in [5.41, 5.74) is 3.40. The third-order valence-electron chi connectivity index (χ3n) is 5.07. The van der Waals surface area contributed by atoms with E-state index in [-0.39, 0.29) is 15.0 Å². The molecule has 1 N–H and O–H groups in total. The first-order chi connectivity index (χ1) is 15.7. The molecule has 1 amide bonds. The van der Waals surface area contributed by atoms with Crippen molar-refractivity contribution >= 4 is 49.1 Å². The Hall–Kier alpha value is -3.81. The highest BCUT2D eigenvalue weighted by molar-refractivity contribution is 7.92. The van der Waals surface area contributed by atoms with Crippen LogP contribution in [0.2, 0.25) is 0 Å². The molecule has 0 radical (unpaired) electrons. The number of amides is 1. The Morgan fingerprint density at radius 1 is 1.12 bits per heavy atom. The molecule has 2 heterocycles. The number of anilines is 1. The number of nitrogens with zero attached hydrogens (tertiary/aromatic N) is 4. The summed E-state index contributed by atoms with van der Waals surface area (Å²) in [4.78, 5) is 12.6. The second-order valence-electron chi connectivity index (χ2n) is 7.46. The lowest BCUT2D eigenvalue weighted by Gasteiger charge is -2.11. The fourth-order valence-electron chi connectivity index (χ4n) is 3.53. The van der Waals surface area contributed by atoms with Crippen LogP contribution in [-0.2, 0) is 14.6 Å². The first-order valence-corrected chi connectivity index (χ1v) is 12.5. The predicted octanol–water partition coefficient (Wildman–Crippen LogP) is 4.05. The molecule has 0 aliphatic heterocycles. The fourth-order valence-corrected chi connectivity index (χ4v) is 5.03. The first kappa shape index (κ1) is 22.4. The third kappa shape index (κ3) is 4.55. The summed E-state index contributed by atoms with van der Waals surface area (Å²) in [5, 5.41) is 21.5. The number of carbonyl (C=O) groups is 1. The number of aromatic nitrogens is 3. The second kappa shape index (κ2) is 8.61. The lowest BCUT2D eigenvalue weighted by atomic mass is 10.1. The molecule has 4 aromatic rings. The molecular weight excluding hydrogens is 458 g/mol. The summed E-state index contributed by atoms with van der Waals surface area (Å²) in [5.74, 6) is -0.691. The third-order valence-corrected chi connectivity index (χ3v) is 7.58. The molecule has 166 valence electrons. The molecule has 0 saturated heterocycles. The Balaban J connectivity index is 1.65. The van der Waals surface area contributed by atoms with Crippen molar-refractivity contribution in [1.29, 1.82) is 5.26 Å². The molecule has 4 rings (SSSR count). The van der Waals surface area contributed by atoms with Crippen molar-refractivity contribution < 1.29 is 13.2 Å². The number of hydrogen-bond acceptors (Lipinski definition) is 7. The van der Waals surface area contributed by atoms with Crippen molar-refractivity contribution in [2.45, 2.75) is 18.2 Å². The van der Waals surface area contributed by atoms with E-state index in [9.17, 15) is 18.5 Å². The smallest absolute Gasteiger partial charge is 0.268 e. The highest BCUT2D eigenvalue weighted by Gasteiger charge is 2.18. The van der Waals surface area contributed by atoms with E-state index in [0.717, 1.165) is 51.0 Å². The maximum atomic E-state index is 12.6. The van der Waals surface area contributed by atoms with Crippen LogP contribution >= 0.6 is 11.3 Å². The standard InChI is InChI=1S/C23H19N5O3S2/c1-14-10-18(15(2)28(14)20-9-8-16-6-4-5-7-17(16)12-20)11-19(13-24)21(29)25-22-26-27-23(32-22)33(3,30)31/h4-12H,1-3H3,(H,25,26,29)/b19-11-. The molecule has 0 atom stereocenters. The van der Waals surface area contributed by atoms with E-state index in [4.69, 9.17) is 0 Å². The zero-order chi connectivity index (χ0) is 23.8. The van der Waals surface area contributed by atoms with E-state index >= 15 is 0 Å². The zero-order valence-corrected chi connectivity index (χ0v) is 19.7. The minimum atomic E-state index is -3.53. The van der Waals surface area contributed by atoms with Crippen LogP contribution in [0.5, 0.6) is 0 Å². The van der Waals surface area contributed by atoms with Gasteiger partial charge in [-0.05, 0) is 54.5 Å². The first-order valence-electron chi connectivity index (χ1n) is 9.82. The van der Waals surface area contributed by atoms with Crippen molar-refractivity contribution in [2.24, 2.45) is 0 Å². The van der Waals surface area contributed by atoms with E-state index < -0.39 is 15.7 Å². The molecule has 33 heavy (non-hydrogen) atoms. The van der Waals surface area contributed by atoms with Gasteiger partial charge in [0.2, 0.25) is 19.3 Å². The average Bonchev–Trinajstić information content (AvgIpc) is 3.35. The Labute approximate surface area is 194 Å². The molecule has 8 nitrogen and oxygen atoms in total. The molecule has 0 fully saturated rings. The number of aryl methyl sites for hydroxylation is 1. The normalized spacial score (nSPS) is 12.0. The number of benzene rings is 2. The van der Waals surface area contributed by atoms with Gasteiger partial charge >= 0.3 is 0 Å². The summed E-state index contributed by atoms with van der Waals surface area (Å²) >= 11 is 0.727. The molecule has 2 aromatic carbocycles. The van der Waals surface area contributed by atoms with Crippen LogP contribution < -0.4 is 5.32 Å². The maximum absolute atomic E-state index is 12.6. The largest absolute Gasteiger partial charge is 0.318 e. The summed E-state index contributed by atoms with van der Waals surface area (Å²) in [6.45, 7) is 3.88. The van der Waals surface area contributed by atoms with Crippen LogP contribution in [0.15, 0.2) is 58.4 Å². The molecular formula is C23H19N5O3S2. The monoisotopic (exact) mass is 477 g/mol. The van der Waals surface area contributed by atoms with Crippen molar-refractivity contribution in [3.05, 3.63) is 71.1 Å². The lowest BCUT2D eigenvalue weighted by molar-refractivity contribution is -0.112. The van der Waals surface area contributed by atoms with Gasteiger partial charge in [-0.25, -0.2) is 8.42 Å². The maximum Gasteiger partial charge on any atom is 0.268 e. The highest BCUT2D eigenvalue weighted by Crippen LogP contribution is 2.26. The van der Waals surface area contributed by atoms with E-state index in [1.165, 1.54) is 6.08 Å². The number of fused-ring (bicyclic) bond motifs is 1. The molecule has 0 unspecified atom stereocenters. The van der Waals surface area contributed by atoms with Crippen molar-refractivity contribution in [2.75, 3.05) is 11.6 Å². The van der Waals surface area contributed by atoms with Crippen molar-refractivity contribution in [1.82, 2.24) is 14.8 Å². The Bertz CT molecular complexity index is 1570. The van der Waals surface area contributed by atoms with Crippen LogP contribution in [0.1, 0.15) is 17.0 Å². The number of sulfone groups is 1. The minimum Gasteiger partial charge on any atom is -0.318 e. The van der Waals surface area contributed by atoms with Gasteiger partial charge in [0.15, 0.2) is 0 Å². The molecule has 0 aliphatic rings. The van der Waals surface area contributed by atoms with E-state index in [0.29, 0.717) is 0 Å². The van der Waals surface area contributed by atoms with E-state index in [1.807, 2.05) is 44.2 Å². The number of hydrogen-bond donors (Lipinski definition) is 1. The molecule has 0 aliphatic carbocycles. The van der Waals surface area contributed by atoms with Gasteiger partial charge in [0, 0.05) is 23.3 Å². The topological polar surface area (TPSA) is 118 Å². The van der Waals surface area contributed by atoms with Gasteiger partial charge in [0.25, 0.3) is 5.91 Å². The van der Waals surface area contributed by atoms with Crippen LogP contribution in [0.25, 0.3) is 22.5 Å². The van der Waals surface area contributed by atoms with Crippen LogP contribution in [0.4, 0.5) is 5.13 Å². The van der Waals surface area contributed by atoms with Gasteiger partial charge in [-0.2, -0.15) is 5.26 Å². The molecule has 10 heteroatoms. The lowest BCUT2D eigenvalue weighted by Crippen LogP contribution is -2.13. The van der Waals surface area contributed by atoms with E-state index in [1.54, 1.807) is 0 Å². The summed E-state index contributed by atoms with van der Waals surface area (Å²) < 4.78 is 25.0. The number of nitriles is 1. The van der Waals surface area contributed by atoms with Gasteiger partial charge in [-0.3, -0.25) is 10.1 Å². The van der Waals surface area contributed by atoms with Gasteiger partial charge in [0.05, 0.1) is 0 Å². The zero-order valence-electron chi connectivity index (χ0n) is 18.0. The average molecular weight is 478 g/mol. The fraction of sp³-hybridized carbons (Fsp3) is 0.130. The Morgan fingerprint density at radius 2 is 1.85 bits per heavy atom. The molecule has 0 spiro atoms. The number of rotatable bonds is 5. The van der Waals surface area contributed by atoms with Gasteiger partial charge in [-0.15, -0.1) is 10.2 Å². The number of carbonyl (C=O) groups excluding carboxylic acids is 1. The SMILES string of the molecule is Cc1cc(/C=C(/C#N)C(=O)Nc2nnc(S(C)(=O)=O)s2)c(C)n1-c1ccc2ccccc2c1. The van der Waals surface area contributed by atoms with Crippen molar-refractivity contribution in [3.8, 4) is 11.8 Å². The Kier molecular flexibility index (Phi) is 5.84. The highest BCUT2D eigenvalue weighted by atomic mass is 32.2.